The lowest BCUT2D eigenvalue weighted by Gasteiger charge is -2.26. The van der Waals surface area contributed by atoms with Gasteiger partial charge < -0.3 is 14.6 Å². The van der Waals surface area contributed by atoms with Crippen molar-refractivity contribution in [2.24, 2.45) is 0 Å². The highest BCUT2D eigenvalue weighted by Crippen LogP contribution is 2.30. The highest BCUT2D eigenvalue weighted by Gasteiger charge is 2.27. The number of benzene rings is 1. The molecule has 3 aromatic rings. The van der Waals surface area contributed by atoms with E-state index in [0.29, 0.717) is 29.6 Å². The fraction of sp³-hybridized carbons (Fsp3) is 0.417. The van der Waals surface area contributed by atoms with Gasteiger partial charge in [-0.2, -0.15) is 4.31 Å². The van der Waals surface area contributed by atoms with Gasteiger partial charge in [0.05, 0.1) is 23.9 Å². The highest BCUT2D eigenvalue weighted by atomic mass is 32.2. The summed E-state index contributed by atoms with van der Waals surface area (Å²) in [6.07, 6.45) is 6.33. The third kappa shape index (κ3) is 4.47. The molecule has 1 aliphatic rings. The van der Waals surface area contributed by atoms with Crippen molar-refractivity contribution < 1.29 is 17.9 Å². The van der Waals surface area contributed by atoms with Crippen LogP contribution in [-0.2, 0) is 14.8 Å². The molecule has 0 saturated carbocycles. The zero-order valence-electron chi connectivity index (χ0n) is 19.5. The number of methoxy groups -OCH3 is 1. The van der Waals surface area contributed by atoms with E-state index in [9.17, 15) is 13.2 Å². The number of hydrogen-bond donors (Lipinski definition) is 1. The summed E-state index contributed by atoms with van der Waals surface area (Å²) in [5.41, 5.74) is 3.21. The summed E-state index contributed by atoms with van der Waals surface area (Å²) in [5.74, 6) is 0.299. The molecule has 3 heterocycles. The Kier molecular flexibility index (Phi) is 6.45. The Balaban J connectivity index is 1.61. The summed E-state index contributed by atoms with van der Waals surface area (Å²) >= 11 is 0. The highest BCUT2D eigenvalue weighted by molar-refractivity contribution is 7.89. The molecule has 1 amide bonds. The molecule has 0 aliphatic carbocycles. The van der Waals surface area contributed by atoms with Gasteiger partial charge in [-0.25, -0.2) is 13.4 Å². The minimum atomic E-state index is -3.52. The number of rotatable bonds is 6. The number of pyridine rings is 1. The molecule has 1 atom stereocenters. The van der Waals surface area contributed by atoms with Crippen LogP contribution < -0.4 is 10.1 Å². The van der Waals surface area contributed by atoms with E-state index in [-0.39, 0.29) is 5.91 Å². The molecule has 1 unspecified atom stereocenters. The van der Waals surface area contributed by atoms with Crippen molar-refractivity contribution in [2.45, 2.75) is 51.0 Å². The third-order valence-corrected chi connectivity index (χ3v) is 8.20. The number of carbonyl (C=O) groups is 1. The molecule has 0 spiro atoms. The molecule has 1 aliphatic heterocycles. The van der Waals surface area contributed by atoms with Gasteiger partial charge in [0, 0.05) is 36.3 Å². The van der Waals surface area contributed by atoms with E-state index in [1.807, 2.05) is 31.5 Å². The standard InChI is InChI=1S/C24H30N4O4S/c1-16-12-23(32-4)25-14-21(16)26-24(29)18(3)28-15-17(2)20-13-19(8-9-22(20)28)33(30,31)27-10-6-5-7-11-27/h8-9,12-15,18H,5-7,10-11H2,1-4H3,(H,26,29). The van der Waals surface area contributed by atoms with Crippen LogP contribution in [0.1, 0.15) is 43.4 Å². The predicted octanol–water partition coefficient (Wildman–Crippen LogP) is 4.04. The molecule has 8 nitrogen and oxygen atoms in total. The molecule has 176 valence electrons. The molecule has 2 aromatic heterocycles. The van der Waals surface area contributed by atoms with Gasteiger partial charge in [-0.3, -0.25) is 4.79 Å². The zero-order valence-corrected chi connectivity index (χ0v) is 20.3. The minimum Gasteiger partial charge on any atom is -0.481 e. The average molecular weight is 471 g/mol. The van der Waals surface area contributed by atoms with E-state index >= 15 is 0 Å². The minimum absolute atomic E-state index is 0.188. The van der Waals surface area contributed by atoms with Crippen molar-refractivity contribution in [1.82, 2.24) is 13.9 Å². The van der Waals surface area contributed by atoms with Crippen LogP contribution in [-0.4, -0.2) is 48.4 Å². The van der Waals surface area contributed by atoms with Crippen molar-refractivity contribution in [3.63, 3.8) is 0 Å². The molecule has 1 aromatic carbocycles. The van der Waals surface area contributed by atoms with Crippen LogP contribution in [0.25, 0.3) is 10.9 Å². The zero-order chi connectivity index (χ0) is 23.8. The first kappa shape index (κ1) is 23.3. The number of aromatic nitrogens is 2. The summed E-state index contributed by atoms with van der Waals surface area (Å²) in [4.78, 5) is 17.5. The van der Waals surface area contributed by atoms with Gasteiger partial charge in [-0.15, -0.1) is 0 Å². The number of aryl methyl sites for hydroxylation is 2. The maximum Gasteiger partial charge on any atom is 0.247 e. The average Bonchev–Trinajstić information content (AvgIpc) is 3.16. The Morgan fingerprint density at radius 3 is 2.52 bits per heavy atom. The van der Waals surface area contributed by atoms with E-state index in [4.69, 9.17) is 4.74 Å². The number of carbonyl (C=O) groups excluding carboxylic acids is 1. The van der Waals surface area contributed by atoms with Gasteiger partial charge in [0.15, 0.2) is 0 Å². The van der Waals surface area contributed by atoms with Crippen LogP contribution in [0, 0.1) is 13.8 Å². The summed E-state index contributed by atoms with van der Waals surface area (Å²) in [7, 11) is -1.97. The van der Waals surface area contributed by atoms with Crippen LogP contribution in [0.5, 0.6) is 5.88 Å². The first-order valence-corrected chi connectivity index (χ1v) is 12.6. The summed E-state index contributed by atoms with van der Waals surface area (Å²) in [5, 5.41) is 3.76. The Morgan fingerprint density at radius 1 is 1.12 bits per heavy atom. The number of anilines is 1. The lowest BCUT2D eigenvalue weighted by Crippen LogP contribution is -2.35. The van der Waals surface area contributed by atoms with E-state index < -0.39 is 16.1 Å². The number of amides is 1. The number of nitrogens with zero attached hydrogens (tertiary/aromatic N) is 3. The fourth-order valence-electron chi connectivity index (χ4n) is 4.28. The Hall–Kier alpha value is -2.91. The van der Waals surface area contributed by atoms with E-state index in [1.165, 1.54) is 0 Å². The van der Waals surface area contributed by atoms with Crippen molar-refractivity contribution in [2.75, 3.05) is 25.5 Å². The lowest BCUT2D eigenvalue weighted by atomic mass is 10.2. The fourth-order valence-corrected chi connectivity index (χ4v) is 5.82. The monoisotopic (exact) mass is 470 g/mol. The first-order chi connectivity index (χ1) is 15.7. The quantitative estimate of drug-likeness (QED) is 0.587. The van der Waals surface area contributed by atoms with Crippen LogP contribution in [0.2, 0.25) is 0 Å². The second kappa shape index (κ2) is 9.15. The first-order valence-electron chi connectivity index (χ1n) is 11.1. The van der Waals surface area contributed by atoms with Gasteiger partial charge in [0.25, 0.3) is 0 Å². The van der Waals surface area contributed by atoms with Crippen molar-refractivity contribution >= 4 is 32.5 Å². The van der Waals surface area contributed by atoms with Gasteiger partial charge in [-0.05, 0) is 62.9 Å². The van der Waals surface area contributed by atoms with Crippen molar-refractivity contribution in [1.29, 1.82) is 0 Å². The summed E-state index contributed by atoms with van der Waals surface area (Å²) < 4.78 is 34.8. The van der Waals surface area contributed by atoms with Crippen LogP contribution in [0.3, 0.4) is 0 Å². The van der Waals surface area contributed by atoms with Crippen molar-refractivity contribution in [3.05, 3.63) is 47.8 Å². The number of ether oxygens (including phenoxy) is 1. The van der Waals surface area contributed by atoms with Gasteiger partial charge in [0.2, 0.25) is 21.8 Å². The Bertz CT molecular complexity index is 1290. The van der Waals surface area contributed by atoms with E-state index in [0.717, 1.165) is 41.3 Å². The molecule has 33 heavy (non-hydrogen) atoms. The van der Waals surface area contributed by atoms with E-state index in [2.05, 4.69) is 10.3 Å². The molecule has 1 fully saturated rings. The van der Waals surface area contributed by atoms with E-state index in [1.54, 1.807) is 41.9 Å². The molecule has 4 rings (SSSR count). The second-order valence-corrected chi connectivity index (χ2v) is 10.5. The number of hydrogen-bond acceptors (Lipinski definition) is 5. The summed E-state index contributed by atoms with van der Waals surface area (Å²) in [6.45, 7) is 6.76. The van der Waals surface area contributed by atoms with Crippen LogP contribution >= 0.6 is 0 Å². The summed E-state index contributed by atoms with van der Waals surface area (Å²) in [6, 6.07) is 6.42. The number of sulfonamides is 1. The van der Waals surface area contributed by atoms with Crippen molar-refractivity contribution in [3.8, 4) is 5.88 Å². The molecular weight excluding hydrogens is 440 g/mol. The smallest absolute Gasteiger partial charge is 0.247 e. The molecule has 1 saturated heterocycles. The molecule has 9 heteroatoms. The number of nitrogens with one attached hydrogen (secondary N) is 1. The third-order valence-electron chi connectivity index (χ3n) is 6.31. The predicted molar refractivity (Wildman–Crippen MR) is 128 cm³/mol. The van der Waals surface area contributed by atoms with Gasteiger partial charge in [0.1, 0.15) is 6.04 Å². The van der Waals surface area contributed by atoms with Gasteiger partial charge >= 0.3 is 0 Å². The number of fused-ring (bicyclic) bond motifs is 1. The Morgan fingerprint density at radius 2 is 1.85 bits per heavy atom. The van der Waals surface area contributed by atoms with Gasteiger partial charge in [-0.1, -0.05) is 6.42 Å². The maximum absolute atomic E-state index is 13.1. The topological polar surface area (TPSA) is 93.5 Å². The maximum atomic E-state index is 13.1. The van der Waals surface area contributed by atoms with Crippen LogP contribution in [0.4, 0.5) is 5.69 Å². The largest absolute Gasteiger partial charge is 0.481 e. The SMILES string of the molecule is COc1cc(C)c(NC(=O)C(C)n2cc(C)c3cc(S(=O)(=O)N4CCCCC4)ccc32)cn1. The lowest BCUT2D eigenvalue weighted by molar-refractivity contribution is -0.118. The molecular formula is C24H30N4O4S. The molecule has 0 bridgehead atoms. The Labute approximate surface area is 194 Å². The van der Waals surface area contributed by atoms with Crippen LogP contribution in [0.15, 0.2) is 41.6 Å². The normalized spacial score (nSPS) is 16.0. The number of piperidine rings is 1. The molecule has 0 radical (unpaired) electrons. The second-order valence-electron chi connectivity index (χ2n) is 8.57. The molecule has 1 N–H and O–H groups in total.